The summed E-state index contributed by atoms with van der Waals surface area (Å²) in [4.78, 5) is 28.3. The molecule has 0 aromatic carbocycles. The van der Waals surface area contributed by atoms with E-state index in [1.54, 1.807) is 6.07 Å². The second-order valence-electron chi connectivity index (χ2n) is 5.59. The molecular weight excluding hydrogens is 254 g/mol. The summed E-state index contributed by atoms with van der Waals surface area (Å²) in [5.41, 5.74) is 0.721. The lowest BCUT2D eigenvalue weighted by atomic mass is 9.80. The van der Waals surface area contributed by atoms with E-state index in [1.807, 2.05) is 0 Å². The molecule has 1 N–H and O–H groups in total. The van der Waals surface area contributed by atoms with E-state index in [-0.39, 0.29) is 22.6 Å². The number of fused-ring (bicyclic) bond motifs is 1. The van der Waals surface area contributed by atoms with Crippen molar-refractivity contribution in [3.05, 3.63) is 35.2 Å². The van der Waals surface area contributed by atoms with Crippen LogP contribution < -0.4 is 0 Å². The van der Waals surface area contributed by atoms with Gasteiger partial charge in [-0.3, -0.25) is 14.6 Å². The van der Waals surface area contributed by atoms with Crippen LogP contribution in [0.25, 0.3) is 5.76 Å². The molecule has 0 aliphatic heterocycles. The average molecular weight is 271 g/mol. The maximum absolute atomic E-state index is 12.2. The molecule has 1 heterocycles. The zero-order chi connectivity index (χ0) is 14.1. The number of nitrogens with zero attached hydrogens (tertiary/aromatic N) is 1. The summed E-state index contributed by atoms with van der Waals surface area (Å²) >= 11 is 0. The van der Waals surface area contributed by atoms with Gasteiger partial charge in [0.2, 0.25) is 11.6 Å². The van der Waals surface area contributed by atoms with Crippen molar-refractivity contribution in [1.29, 1.82) is 0 Å². The standard InChI is InChI=1S/C16H17NO3/c18-14-12(9-10-5-2-1-3-6-10)16(20)15(19)11-7-4-8-17-13(11)14/h4,7-8,10,18H,1-3,5-6,9H2. The molecule has 0 radical (unpaired) electrons. The lowest BCUT2D eigenvalue weighted by molar-refractivity contribution is -0.112. The molecule has 0 amide bonds. The number of aliphatic hydroxyl groups excluding tert-OH is 1. The molecular formula is C16H17NO3. The van der Waals surface area contributed by atoms with Crippen LogP contribution in [0.5, 0.6) is 0 Å². The Kier molecular flexibility index (Phi) is 3.38. The van der Waals surface area contributed by atoms with Crippen molar-refractivity contribution in [2.24, 2.45) is 5.92 Å². The monoisotopic (exact) mass is 271 g/mol. The van der Waals surface area contributed by atoms with Gasteiger partial charge in [-0.2, -0.15) is 0 Å². The first-order valence-corrected chi connectivity index (χ1v) is 7.15. The molecule has 20 heavy (non-hydrogen) atoms. The minimum atomic E-state index is -0.562. The molecule has 4 heteroatoms. The number of rotatable bonds is 2. The molecule has 104 valence electrons. The van der Waals surface area contributed by atoms with E-state index in [0.29, 0.717) is 12.3 Å². The molecule has 3 rings (SSSR count). The predicted molar refractivity (Wildman–Crippen MR) is 74.3 cm³/mol. The highest BCUT2D eigenvalue weighted by molar-refractivity contribution is 6.52. The van der Waals surface area contributed by atoms with Gasteiger partial charge in [0.1, 0.15) is 11.5 Å². The number of Topliss-reactive ketones (excluding diaryl/α,β-unsaturated/α-hetero) is 2. The number of ketones is 2. The van der Waals surface area contributed by atoms with Gasteiger partial charge in [-0.1, -0.05) is 32.1 Å². The SMILES string of the molecule is O=C1C(=O)c2cccnc2C(O)=C1CC1CCCCC1. The molecule has 1 aromatic rings. The van der Waals surface area contributed by atoms with Crippen LogP contribution in [0.15, 0.2) is 23.9 Å². The fraction of sp³-hybridized carbons (Fsp3) is 0.438. The van der Waals surface area contributed by atoms with Gasteiger partial charge < -0.3 is 5.11 Å². The van der Waals surface area contributed by atoms with E-state index in [2.05, 4.69) is 4.98 Å². The van der Waals surface area contributed by atoms with Gasteiger partial charge in [-0.25, -0.2) is 0 Å². The second-order valence-corrected chi connectivity index (χ2v) is 5.59. The molecule has 2 aliphatic rings. The van der Waals surface area contributed by atoms with Gasteiger partial charge in [-0.05, 0) is 24.5 Å². The van der Waals surface area contributed by atoms with Gasteiger partial charge in [0.15, 0.2) is 0 Å². The Morgan fingerprint density at radius 3 is 2.65 bits per heavy atom. The molecule has 4 nitrogen and oxygen atoms in total. The van der Waals surface area contributed by atoms with E-state index >= 15 is 0 Å². The molecule has 0 saturated heterocycles. The smallest absolute Gasteiger partial charge is 0.235 e. The zero-order valence-corrected chi connectivity index (χ0v) is 11.3. The summed E-state index contributed by atoms with van der Waals surface area (Å²) in [7, 11) is 0. The molecule has 0 atom stereocenters. The molecule has 0 unspecified atom stereocenters. The van der Waals surface area contributed by atoms with E-state index in [0.717, 1.165) is 25.7 Å². The van der Waals surface area contributed by atoms with Crippen molar-refractivity contribution in [1.82, 2.24) is 4.98 Å². The van der Waals surface area contributed by atoms with E-state index in [9.17, 15) is 14.7 Å². The third kappa shape index (κ3) is 2.15. The highest BCUT2D eigenvalue weighted by Gasteiger charge is 2.34. The van der Waals surface area contributed by atoms with E-state index in [1.165, 1.54) is 18.7 Å². The second kappa shape index (κ2) is 5.19. The summed E-state index contributed by atoms with van der Waals surface area (Å²) in [5, 5.41) is 10.3. The van der Waals surface area contributed by atoms with Crippen molar-refractivity contribution in [3.8, 4) is 0 Å². The fourth-order valence-electron chi connectivity index (χ4n) is 3.16. The summed E-state index contributed by atoms with van der Waals surface area (Å²) in [6.45, 7) is 0. The highest BCUT2D eigenvalue weighted by Crippen LogP contribution is 2.34. The van der Waals surface area contributed by atoms with E-state index < -0.39 is 11.6 Å². The maximum Gasteiger partial charge on any atom is 0.235 e. The van der Waals surface area contributed by atoms with Crippen LogP contribution in [-0.4, -0.2) is 21.7 Å². The van der Waals surface area contributed by atoms with Crippen LogP contribution in [0.1, 0.15) is 54.6 Å². The van der Waals surface area contributed by atoms with Crippen LogP contribution in [0, 0.1) is 5.92 Å². The predicted octanol–water partition coefficient (Wildman–Crippen LogP) is 3.09. The minimum Gasteiger partial charge on any atom is -0.505 e. The van der Waals surface area contributed by atoms with Crippen LogP contribution in [0.4, 0.5) is 0 Å². The number of aromatic nitrogens is 1. The van der Waals surface area contributed by atoms with Crippen LogP contribution in [0.3, 0.4) is 0 Å². The van der Waals surface area contributed by atoms with Crippen molar-refractivity contribution >= 4 is 17.3 Å². The number of carbonyl (C=O) groups is 2. The van der Waals surface area contributed by atoms with Crippen molar-refractivity contribution < 1.29 is 14.7 Å². The van der Waals surface area contributed by atoms with Gasteiger partial charge in [0.05, 0.1) is 5.56 Å². The Hall–Kier alpha value is -1.97. The summed E-state index contributed by atoms with van der Waals surface area (Å²) in [5.74, 6) is -0.816. The molecule has 0 bridgehead atoms. The number of pyridine rings is 1. The minimum absolute atomic E-state index is 0.101. The Bertz CT molecular complexity index is 597. The number of aliphatic hydroxyl groups is 1. The summed E-state index contributed by atoms with van der Waals surface area (Å²) in [6, 6.07) is 3.14. The van der Waals surface area contributed by atoms with E-state index in [4.69, 9.17) is 0 Å². The average Bonchev–Trinajstić information content (AvgIpc) is 2.50. The van der Waals surface area contributed by atoms with Gasteiger partial charge in [0.25, 0.3) is 0 Å². The number of hydrogen-bond donors (Lipinski definition) is 1. The maximum atomic E-state index is 12.2. The Labute approximate surface area is 117 Å². The Morgan fingerprint density at radius 1 is 1.15 bits per heavy atom. The number of allylic oxidation sites excluding steroid dienone is 1. The van der Waals surface area contributed by atoms with Crippen LogP contribution in [-0.2, 0) is 4.79 Å². The fourth-order valence-corrected chi connectivity index (χ4v) is 3.16. The third-order valence-corrected chi connectivity index (χ3v) is 4.26. The Morgan fingerprint density at radius 2 is 1.90 bits per heavy atom. The zero-order valence-electron chi connectivity index (χ0n) is 11.3. The first-order valence-electron chi connectivity index (χ1n) is 7.15. The molecule has 1 saturated carbocycles. The Balaban J connectivity index is 1.96. The molecule has 2 aliphatic carbocycles. The van der Waals surface area contributed by atoms with Gasteiger partial charge in [0, 0.05) is 11.8 Å². The topological polar surface area (TPSA) is 67.3 Å². The number of hydrogen-bond acceptors (Lipinski definition) is 4. The van der Waals surface area contributed by atoms with Gasteiger partial charge in [-0.15, -0.1) is 0 Å². The molecule has 1 fully saturated rings. The summed E-state index contributed by atoms with van der Waals surface area (Å²) < 4.78 is 0. The molecule has 1 aromatic heterocycles. The molecule has 0 spiro atoms. The van der Waals surface area contributed by atoms with Crippen molar-refractivity contribution in [2.75, 3.05) is 0 Å². The third-order valence-electron chi connectivity index (χ3n) is 4.26. The first-order chi connectivity index (χ1) is 9.68. The van der Waals surface area contributed by atoms with Crippen molar-refractivity contribution in [3.63, 3.8) is 0 Å². The van der Waals surface area contributed by atoms with Gasteiger partial charge >= 0.3 is 0 Å². The largest absolute Gasteiger partial charge is 0.505 e. The van der Waals surface area contributed by atoms with Crippen molar-refractivity contribution in [2.45, 2.75) is 38.5 Å². The normalized spacial score (nSPS) is 20.2. The lowest BCUT2D eigenvalue weighted by Crippen LogP contribution is -2.26. The lowest BCUT2D eigenvalue weighted by Gasteiger charge is -2.24. The number of carbonyl (C=O) groups excluding carboxylic acids is 2. The van der Waals surface area contributed by atoms with Crippen LogP contribution >= 0.6 is 0 Å². The quantitative estimate of drug-likeness (QED) is 0.839. The first kappa shape index (κ1) is 13.0. The summed E-state index contributed by atoms with van der Waals surface area (Å²) in [6.07, 6.45) is 7.70. The highest BCUT2D eigenvalue weighted by atomic mass is 16.3. The van der Waals surface area contributed by atoms with Crippen LogP contribution in [0.2, 0.25) is 0 Å².